The van der Waals surface area contributed by atoms with Crippen LogP contribution in [0.2, 0.25) is 0 Å². The minimum absolute atomic E-state index is 0.0333. The lowest BCUT2D eigenvalue weighted by molar-refractivity contribution is 0.590. The second-order valence-electron chi connectivity index (χ2n) is 23.1. The van der Waals surface area contributed by atoms with Crippen molar-refractivity contribution in [2.24, 2.45) is 0 Å². The highest BCUT2D eigenvalue weighted by molar-refractivity contribution is 6.73. The molecule has 0 aromatic heterocycles. The number of benzene rings is 10. The highest BCUT2D eigenvalue weighted by atomic mass is 15.2. The summed E-state index contributed by atoms with van der Waals surface area (Å²) < 4.78 is 0. The Hall–Kier alpha value is -7.82. The zero-order chi connectivity index (χ0) is 50.8. The molecule has 10 aromatic rings. The molecule has 73 heavy (non-hydrogen) atoms. The Balaban J connectivity index is 1.15. The van der Waals surface area contributed by atoms with E-state index in [-0.39, 0.29) is 16.2 Å². The van der Waals surface area contributed by atoms with Gasteiger partial charge in [0.05, 0.1) is 0 Å². The molecular formula is C69H65BN3. The third-order valence-corrected chi connectivity index (χ3v) is 14.8. The van der Waals surface area contributed by atoms with Gasteiger partial charge in [-0.2, -0.15) is 0 Å². The number of aryl methyl sites for hydroxylation is 1. The molecular weight excluding hydrogens is 882 g/mol. The van der Waals surface area contributed by atoms with Crippen molar-refractivity contribution in [1.82, 2.24) is 0 Å². The molecule has 0 amide bonds. The maximum Gasteiger partial charge on any atom is 0.197 e. The first-order valence-electron chi connectivity index (χ1n) is 25.9. The zero-order valence-electron chi connectivity index (χ0n) is 44.1. The van der Waals surface area contributed by atoms with Crippen molar-refractivity contribution in [1.29, 1.82) is 0 Å². The molecule has 1 aliphatic heterocycles. The van der Waals surface area contributed by atoms with E-state index in [1.54, 1.807) is 0 Å². The summed E-state index contributed by atoms with van der Waals surface area (Å²) in [6.07, 6.45) is 0. The zero-order valence-corrected chi connectivity index (χ0v) is 44.1. The maximum atomic E-state index is 3.95. The van der Waals surface area contributed by atoms with Gasteiger partial charge in [-0.05, 0) is 168 Å². The van der Waals surface area contributed by atoms with Gasteiger partial charge in [-0.3, -0.25) is 0 Å². The Morgan fingerprint density at radius 2 is 0.959 bits per heavy atom. The third-order valence-electron chi connectivity index (χ3n) is 14.8. The van der Waals surface area contributed by atoms with Crippen LogP contribution in [-0.2, 0) is 16.2 Å². The summed E-state index contributed by atoms with van der Waals surface area (Å²) in [7, 11) is 2.44. The van der Waals surface area contributed by atoms with Crippen LogP contribution in [0.25, 0.3) is 43.8 Å². The van der Waals surface area contributed by atoms with Crippen LogP contribution < -0.4 is 26.0 Å². The monoisotopic (exact) mass is 947 g/mol. The first kappa shape index (κ1) is 47.5. The molecule has 11 rings (SSSR count). The van der Waals surface area contributed by atoms with Crippen LogP contribution >= 0.6 is 0 Å². The predicted molar refractivity (Wildman–Crippen MR) is 317 cm³/mol. The predicted octanol–water partition coefficient (Wildman–Crippen LogP) is 18.2. The number of nitrogens with zero attached hydrogens (tertiary/aromatic N) is 2. The largest absolute Gasteiger partial charge is 0.355 e. The lowest BCUT2D eigenvalue weighted by Crippen LogP contribution is -2.41. The van der Waals surface area contributed by atoms with Crippen molar-refractivity contribution < 1.29 is 0 Å². The molecule has 0 spiro atoms. The van der Waals surface area contributed by atoms with E-state index in [0.29, 0.717) is 0 Å². The van der Waals surface area contributed by atoms with E-state index in [2.05, 4.69) is 298 Å². The minimum Gasteiger partial charge on any atom is -0.355 e. The van der Waals surface area contributed by atoms with Crippen LogP contribution in [0.1, 0.15) is 84.6 Å². The topological polar surface area (TPSA) is 18.5 Å². The smallest absolute Gasteiger partial charge is 0.197 e. The van der Waals surface area contributed by atoms with Crippen LogP contribution in [0.4, 0.5) is 45.5 Å². The molecule has 1 heterocycles. The molecule has 1 radical (unpaired) electrons. The van der Waals surface area contributed by atoms with Gasteiger partial charge in [0.2, 0.25) is 0 Å². The number of fused-ring (bicyclic) bond motifs is 4. The number of nitrogens with one attached hydrogen (secondary N) is 1. The minimum atomic E-state index is 0.0333. The summed E-state index contributed by atoms with van der Waals surface area (Å²) in [6, 6.07) is 76.9. The second-order valence-corrected chi connectivity index (χ2v) is 23.1. The fourth-order valence-corrected chi connectivity index (χ4v) is 10.6. The average molecular weight is 947 g/mol. The summed E-state index contributed by atoms with van der Waals surface area (Å²) in [5.41, 5.74) is 21.2. The van der Waals surface area contributed by atoms with Gasteiger partial charge in [-0.15, -0.1) is 0 Å². The lowest BCUT2D eigenvalue weighted by Gasteiger charge is -2.37. The molecule has 0 bridgehead atoms. The van der Waals surface area contributed by atoms with E-state index in [1.165, 1.54) is 66.0 Å². The van der Waals surface area contributed by atoms with E-state index in [9.17, 15) is 0 Å². The van der Waals surface area contributed by atoms with Crippen LogP contribution in [-0.4, -0.2) is 7.28 Å². The number of rotatable bonds is 8. The van der Waals surface area contributed by atoms with Crippen molar-refractivity contribution in [2.45, 2.75) is 85.5 Å². The van der Waals surface area contributed by atoms with Gasteiger partial charge in [0, 0.05) is 51.1 Å². The van der Waals surface area contributed by atoms with Gasteiger partial charge >= 0.3 is 0 Å². The van der Waals surface area contributed by atoms with Crippen LogP contribution in [0.15, 0.2) is 206 Å². The molecule has 1 N–H and O–H groups in total. The van der Waals surface area contributed by atoms with Gasteiger partial charge in [-0.25, -0.2) is 0 Å². The number of hydrogen-bond donors (Lipinski definition) is 1. The highest BCUT2D eigenvalue weighted by Gasteiger charge is 2.32. The van der Waals surface area contributed by atoms with E-state index in [1.807, 2.05) is 0 Å². The standard InChI is InChI=1S/C69H65BN3/c1-45-40-49(46-18-12-11-13-19-46)24-39-62(45)73-63-44-57(72(55-33-27-52(28-34-55)68(5,6)7)56-35-29-53(30-36-56)69(8,9)10)37-38-60(63)70-66-64(73)43-50-22-16-17-23-58(50)65(66)59-41-47-20-14-15-21-48(47)42-61(59)71-54-31-25-51(26-32-54)67(2,3)4/h11-44,71H,1-10H3. The SMILES string of the molecule is Cc1cc(-c2ccccc2)ccc1N1c2cc(N(c3ccc(C(C)(C)C)cc3)c3ccc(C(C)(C)C)cc3)ccc2[B]c2c1cc1ccccc1c2-c1cc2ccccc2cc1Nc1ccc(C(C)(C)C)cc1. The van der Waals surface area contributed by atoms with E-state index in [4.69, 9.17) is 0 Å². The Morgan fingerprint density at radius 3 is 1.55 bits per heavy atom. The maximum absolute atomic E-state index is 3.95. The van der Waals surface area contributed by atoms with Gasteiger partial charge in [0.25, 0.3) is 0 Å². The molecule has 0 aliphatic carbocycles. The number of hydrogen-bond acceptors (Lipinski definition) is 3. The quantitative estimate of drug-likeness (QED) is 0.153. The van der Waals surface area contributed by atoms with Crippen molar-refractivity contribution >= 4 is 85.2 Å². The van der Waals surface area contributed by atoms with Crippen LogP contribution in [0, 0.1) is 6.92 Å². The molecule has 1 aliphatic rings. The fraction of sp³-hybridized carbons (Fsp3) is 0.188. The first-order valence-corrected chi connectivity index (χ1v) is 25.9. The first-order chi connectivity index (χ1) is 35.0. The Bertz CT molecular complexity index is 3610. The molecule has 0 unspecified atom stereocenters. The Labute approximate surface area is 434 Å². The molecule has 10 aromatic carbocycles. The third kappa shape index (κ3) is 9.21. The van der Waals surface area contributed by atoms with Gasteiger partial charge in [0.15, 0.2) is 7.28 Å². The van der Waals surface area contributed by atoms with Crippen molar-refractivity contribution in [3.05, 3.63) is 229 Å². The average Bonchev–Trinajstić information content (AvgIpc) is 3.37. The molecule has 0 saturated heterocycles. The lowest BCUT2D eigenvalue weighted by atomic mass is 9.57. The second kappa shape index (κ2) is 18.3. The molecule has 0 saturated carbocycles. The van der Waals surface area contributed by atoms with E-state index < -0.39 is 0 Å². The summed E-state index contributed by atoms with van der Waals surface area (Å²) >= 11 is 0. The van der Waals surface area contributed by atoms with Crippen molar-refractivity contribution in [2.75, 3.05) is 15.1 Å². The van der Waals surface area contributed by atoms with Crippen LogP contribution in [0.5, 0.6) is 0 Å². The summed E-state index contributed by atoms with van der Waals surface area (Å²) in [4.78, 5) is 4.96. The number of anilines is 8. The molecule has 0 fully saturated rings. The molecule has 0 atom stereocenters. The highest BCUT2D eigenvalue weighted by Crippen LogP contribution is 2.47. The van der Waals surface area contributed by atoms with Gasteiger partial charge < -0.3 is 15.1 Å². The summed E-state index contributed by atoms with van der Waals surface area (Å²) in [6.45, 7) is 22.8. The molecule has 4 heteroatoms. The van der Waals surface area contributed by atoms with Crippen molar-refractivity contribution in [3.8, 4) is 22.3 Å². The Morgan fingerprint density at radius 1 is 0.425 bits per heavy atom. The fourth-order valence-electron chi connectivity index (χ4n) is 10.6. The van der Waals surface area contributed by atoms with Gasteiger partial charge in [0.1, 0.15) is 0 Å². The summed E-state index contributed by atoms with van der Waals surface area (Å²) in [5.74, 6) is 0. The Kier molecular flexibility index (Phi) is 11.9. The summed E-state index contributed by atoms with van der Waals surface area (Å²) in [5, 5.41) is 8.73. The molecule has 3 nitrogen and oxygen atoms in total. The molecule has 359 valence electrons. The van der Waals surface area contributed by atoms with Crippen LogP contribution in [0.3, 0.4) is 0 Å². The normalized spacial score (nSPS) is 12.6. The van der Waals surface area contributed by atoms with E-state index >= 15 is 0 Å². The van der Waals surface area contributed by atoms with E-state index in [0.717, 1.165) is 56.5 Å². The van der Waals surface area contributed by atoms with Crippen molar-refractivity contribution in [3.63, 3.8) is 0 Å². The van der Waals surface area contributed by atoms with Gasteiger partial charge in [-0.1, -0.05) is 195 Å².